The zero-order valence-electron chi connectivity index (χ0n) is 8.06. The van der Waals surface area contributed by atoms with E-state index in [9.17, 15) is 8.78 Å². The van der Waals surface area contributed by atoms with Crippen LogP contribution in [0.1, 0.15) is 11.1 Å². The van der Waals surface area contributed by atoms with Crippen molar-refractivity contribution in [2.75, 3.05) is 13.6 Å². The Balaban J connectivity index is 3.14. The summed E-state index contributed by atoms with van der Waals surface area (Å²) in [6.07, 6.45) is 0. The van der Waals surface area contributed by atoms with E-state index >= 15 is 0 Å². The van der Waals surface area contributed by atoms with Crippen LogP contribution in [0, 0.1) is 34.8 Å². The first-order valence-corrected chi connectivity index (χ1v) is 4.21. The number of nitrogens with zero attached hydrogens (tertiary/aromatic N) is 1. The lowest BCUT2D eigenvalue weighted by Crippen LogP contribution is -2.04. The molecule has 0 unspecified atom stereocenters. The molecule has 1 aromatic carbocycles. The predicted molar refractivity (Wildman–Crippen MR) is 51.9 cm³/mol. The van der Waals surface area contributed by atoms with Gasteiger partial charge >= 0.3 is 0 Å². The highest BCUT2D eigenvalue weighted by atomic mass is 19.2. The van der Waals surface area contributed by atoms with E-state index < -0.39 is 11.6 Å². The zero-order valence-corrected chi connectivity index (χ0v) is 8.06. The molecular weight excluding hydrogens is 198 g/mol. The minimum Gasteiger partial charge on any atom is -0.309 e. The largest absolute Gasteiger partial charge is 0.309 e. The number of nitrogens with one attached hydrogen (secondary N) is 1. The quantitative estimate of drug-likeness (QED) is 0.705. The van der Waals surface area contributed by atoms with Crippen molar-refractivity contribution < 1.29 is 8.78 Å². The maximum absolute atomic E-state index is 12.8. The van der Waals surface area contributed by atoms with E-state index in [-0.39, 0.29) is 11.1 Å². The number of hydrogen-bond donors (Lipinski definition) is 1. The molecule has 0 saturated carbocycles. The molecule has 0 aliphatic carbocycles. The van der Waals surface area contributed by atoms with Gasteiger partial charge in [0.25, 0.3) is 0 Å². The Kier molecular flexibility index (Phi) is 3.79. The van der Waals surface area contributed by atoms with Crippen molar-refractivity contribution in [2.45, 2.75) is 0 Å². The molecule has 2 nitrogen and oxygen atoms in total. The molecule has 0 atom stereocenters. The van der Waals surface area contributed by atoms with Gasteiger partial charge in [-0.3, -0.25) is 0 Å². The van der Waals surface area contributed by atoms with Gasteiger partial charge in [0, 0.05) is 5.56 Å². The van der Waals surface area contributed by atoms with Crippen LogP contribution in [0.15, 0.2) is 12.1 Å². The second-order valence-corrected chi connectivity index (χ2v) is 2.76. The Hall–Kier alpha value is -1.91. The van der Waals surface area contributed by atoms with Crippen molar-refractivity contribution in [1.82, 2.24) is 5.32 Å². The van der Waals surface area contributed by atoms with Crippen LogP contribution in [-0.4, -0.2) is 13.6 Å². The third-order valence-corrected chi connectivity index (χ3v) is 1.67. The average Bonchev–Trinajstić information content (AvgIpc) is 2.23. The van der Waals surface area contributed by atoms with Gasteiger partial charge in [-0.05, 0) is 19.2 Å². The summed E-state index contributed by atoms with van der Waals surface area (Å²) < 4.78 is 25.6. The Labute approximate surface area is 86.5 Å². The fourth-order valence-electron chi connectivity index (χ4n) is 0.971. The van der Waals surface area contributed by atoms with E-state index in [2.05, 4.69) is 17.2 Å². The molecule has 0 aliphatic heterocycles. The lowest BCUT2D eigenvalue weighted by atomic mass is 10.1. The van der Waals surface area contributed by atoms with Gasteiger partial charge in [-0.15, -0.1) is 0 Å². The van der Waals surface area contributed by atoms with Gasteiger partial charge in [-0.1, -0.05) is 11.8 Å². The van der Waals surface area contributed by atoms with E-state index in [4.69, 9.17) is 5.26 Å². The van der Waals surface area contributed by atoms with E-state index in [1.54, 1.807) is 13.1 Å². The predicted octanol–water partition coefficient (Wildman–Crippen LogP) is 1.41. The molecule has 1 rings (SSSR count). The highest BCUT2D eigenvalue weighted by molar-refractivity contribution is 5.48. The molecule has 0 radical (unpaired) electrons. The third-order valence-electron chi connectivity index (χ3n) is 1.67. The van der Waals surface area contributed by atoms with E-state index in [0.29, 0.717) is 6.54 Å². The molecule has 1 aromatic rings. The van der Waals surface area contributed by atoms with Crippen molar-refractivity contribution in [3.63, 3.8) is 0 Å². The molecule has 1 N–H and O–H groups in total. The van der Waals surface area contributed by atoms with Crippen LogP contribution in [0.5, 0.6) is 0 Å². The van der Waals surface area contributed by atoms with Crippen LogP contribution in [-0.2, 0) is 0 Å². The highest BCUT2D eigenvalue weighted by Gasteiger charge is 2.07. The van der Waals surface area contributed by atoms with Crippen LogP contribution in [0.4, 0.5) is 8.78 Å². The molecule has 0 heterocycles. The molecule has 0 spiro atoms. The third kappa shape index (κ3) is 2.77. The second-order valence-electron chi connectivity index (χ2n) is 2.76. The first-order chi connectivity index (χ1) is 7.19. The van der Waals surface area contributed by atoms with Crippen molar-refractivity contribution >= 4 is 0 Å². The molecule has 0 amide bonds. The van der Waals surface area contributed by atoms with Gasteiger partial charge in [0.15, 0.2) is 11.6 Å². The van der Waals surface area contributed by atoms with Crippen LogP contribution in [0.25, 0.3) is 0 Å². The van der Waals surface area contributed by atoms with Gasteiger partial charge in [-0.2, -0.15) is 5.26 Å². The fourth-order valence-corrected chi connectivity index (χ4v) is 0.971. The summed E-state index contributed by atoms with van der Waals surface area (Å²) in [6, 6.07) is 3.53. The van der Waals surface area contributed by atoms with E-state index in [0.717, 1.165) is 12.1 Å². The lowest BCUT2D eigenvalue weighted by molar-refractivity contribution is 0.508. The van der Waals surface area contributed by atoms with Crippen LogP contribution in [0.3, 0.4) is 0 Å². The maximum atomic E-state index is 12.8. The van der Waals surface area contributed by atoms with Crippen molar-refractivity contribution in [1.29, 1.82) is 5.26 Å². The maximum Gasteiger partial charge on any atom is 0.160 e. The smallest absolute Gasteiger partial charge is 0.160 e. The molecule has 0 fully saturated rings. The lowest BCUT2D eigenvalue weighted by Gasteiger charge is -1.97. The molecule has 0 aliphatic rings. The topological polar surface area (TPSA) is 35.8 Å². The number of rotatable bonds is 1. The average molecular weight is 206 g/mol. The van der Waals surface area contributed by atoms with Crippen LogP contribution < -0.4 is 5.32 Å². The summed E-state index contributed by atoms with van der Waals surface area (Å²) in [5, 5.41) is 11.4. The first-order valence-electron chi connectivity index (χ1n) is 4.21. The molecule has 0 saturated heterocycles. The molecular formula is C11H8F2N2. The van der Waals surface area contributed by atoms with Gasteiger partial charge in [-0.25, -0.2) is 8.78 Å². The summed E-state index contributed by atoms with van der Waals surface area (Å²) in [5.74, 6) is 3.23. The minimum atomic E-state index is -1.04. The van der Waals surface area contributed by atoms with Crippen molar-refractivity contribution in [2.24, 2.45) is 0 Å². The highest BCUT2D eigenvalue weighted by Crippen LogP contribution is 2.13. The Morgan fingerprint density at radius 3 is 2.40 bits per heavy atom. The zero-order chi connectivity index (χ0) is 11.3. The second kappa shape index (κ2) is 5.09. The van der Waals surface area contributed by atoms with Crippen LogP contribution in [0.2, 0.25) is 0 Å². The summed E-state index contributed by atoms with van der Waals surface area (Å²) in [5.41, 5.74) is 0.240. The number of halogens is 2. The van der Waals surface area contributed by atoms with E-state index in [1.165, 1.54) is 0 Å². The van der Waals surface area contributed by atoms with E-state index in [1.807, 2.05) is 0 Å². The number of hydrogen-bond acceptors (Lipinski definition) is 2. The van der Waals surface area contributed by atoms with Gasteiger partial charge < -0.3 is 5.32 Å². The normalized spacial score (nSPS) is 8.93. The summed E-state index contributed by atoms with van der Waals surface area (Å²) in [4.78, 5) is 0. The van der Waals surface area contributed by atoms with Crippen molar-refractivity contribution in [3.8, 4) is 17.9 Å². The number of benzene rings is 1. The van der Waals surface area contributed by atoms with Gasteiger partial charge in [0.05, 0.1) is 12.1 Å². The SMILES string of the molecule is CNCC#Cc1cc(F)c(F)cc1C#N. The monoisotopic (exact) mass is 206 g/mol. The van der Waals surface area contributed by atoms with Crippen LogP contribution >= 0.6 is 0 Å². The summed E-state index contributed by atoms with van der Waals surface area (Å²) >= 11 is 0. The summed E-state index contributed by atoms with van der Waals surface area (Å²) in [7, 11) is 1.71. The molecule has 15 heavy (non-hydrogen) atoms. The minimum absolute atomic E-state index is 0.0394. The first kappa shape index (κ1) is 11.2. The number of nitriles is 1. The standard InChI is InChI=1S/C11H8F2N2/c1-15-4-2-3-8-5-10(12)11(13)6-9(8)7-14/h5-6,15H,4H2,1H3. The fraction of sp³-hybridized carbons (Fsp3) is 0.182. The molecule has 76 valence electrons. The molecule has 4 heteroatoms. The van der Waals surface area contributed by atoms with Crippen molar-refractivity contribution in [3.05, 3.63) is 34.9 Å². The molecule has 0 aromatic heterocycles. The molecule has 0 bridgehead atoms. The Morgan fingerprint density at radius 2 is 1.87 bits per heavy atom. The van der Waals surface area contributed by atoms with Gasteiger partial charge in [0.1, 0.15) is 6.07 Å². The Morgan fingerprint density at radius 1 is 1.27 bits per heavy atom. The van der Waals surface area contributed by atoms with Gasteiger partial charge in [0.2, 0.25) is 0 Å². The Bertz CT molecular complexity index is 464. The summed E-state index contributed by atoms with van der Waals surface area (Å²) in [6.45, 7) is 0.421.